The number of amides is 2. The SMILES string of the molecule is Cc1nnc2n1-c1ccccc1C(c1ccc(Cl)cc1)=CC2CC(=O)NC1=CC2CC(=O)NC2C=C1. The van der Waals surface area contributed by atoms with Crippen LogP contribution in [0.4, 0.5) is 0 Å². The maximum atomic E-state index is 13.3. The fourth-order valence-corrected chi connectivity index (χ4v) is 5.37. The van der Waals surface area contributed by atoms with Gasteiger partial charge in [0, 0.05) is 41.0 Å². The second-order valence-corrected chi connectivity index (χ2v) is 9.78. The number of nitrogens with one attached hydrogen (secondary N) is 2. The van der Waals surface area contributed by atoms with Gasteiger partial charge in [-0.05, 0) is 42.3 Å². The van der Waals surface area contributed by atoms with E-state index in [1.807, 2.05) is 72.2 Å². The highest BCUT2D eigenvalue weighted by atomic mass is 35.5. The van der Waals surface area contributed by atoms with Crippen molar-refractivity contribution in [2.24, 2.45) is 5.92 Å². The van der Waals surface area contributed by atoms with Crippen molar-refractivity contribution < 1.29 is 9.59 Å². The van der Waals surface area contributed by atoms with Gasteiger partial charge in [-0.15, -0.1) is 10.2 Å². The average molecular weight is 498 g/mol. The minimum Gasteiger partial charge on any atom is -0.349 e. The van der Waals surface area contributed by atoms with Crippen LogP contribution in [0.1, 0.15) is 41.5 Å². The molecule has 0 spiro atoms. The monoisotopic (exact) mass is 497 g/mol. The molecule has 3 heterocycles. The first kappa shape index (κ1) is 22.5. The molecule has 2 amide bonds. The van der Waals surface area contributed by atoms with Gasteiger partial charge in [-0.1, -0.05) is 60.2 Å². The maximum Gasteiger partial charge on any atom is 0.225 e. The molecule has 1 aromatic heterocycles. The van der Waals surface area contributed by atoms with Gasteiger partial charge in [-0.25, -0.2) is 0 Å². The van der Waals surface area contributed by atoms with Gasteiger partial charge in [0.25, 0.3) is 0 Å². The molecular formula is C28H24ClN5O2. The van der Waals surface area contributed by atoms with Gasteiger partial charge in [-0.2, -0.15) is 0 Å². The van der Waals surface area contributed by atoms with Gasteiger partial charge in [-0.3, -0.25) is 14.2 Å². The highest BCUT2D eigenvalue weighted by molar-refractivity contribution is 6.30. The van der Waals surface area contributed by atoms with Crippen LogP contribution in [0.25, 0.3) is 11.3 Å². The number of hydrogen-bond donors (Lipinski definition) is 2. The first-order chi connectivity index (χ1) is 17.5. The molecule has 0 bridgehead atoms. The van der Waals surface area contributed by atoms with Crippen LogP contribution in [-0.4, -0.2) is 32.6 Å². The number of benzene rings is 2. The lowest BCUT2D eigenvalue weighted by Gasteiger charge is -2.19. The fraction of sp³-hybridized carbons (Fsp3) is 0.214. The molecule has 3 atom stereocenters. The van der Waals surface area contributed by atoms with E-state index in [1.165, 1.54) is 0 Å². The Kier molecular flexibility index (Phi) is 5.57. The summed E-state index contributed by atoms with van der Waals surface area (Å²) in [5.41, 5.74) is 4.75. The van der Waals surface area contributed by atoms with Crippen molar-refractivity contribution in [1.82, 2.24) is 25.4 Å². The second kappa shape index (κ2) is 8.91. The van der Waals surface area contributed by atoms with Crippen LogP contribution in [0.2, 0.25) is 5.02 Å². The number of rotatable bonds is 4. The summed E-state index contributed by atoms with van der Waals surface area (Å²) in [6.45, 7) is 1.92. The van der Waals surface area contributed by atoms with Crippen molar-refractivity contribution in [1.29, 1.82) is 0 Å². The lowest BCUT2D eigenvalue weighted by atomic mass is 9.92. The van der Waals surface area contributed by atoms with Crippen molar-refractivity contribution >= 4 is 29.0 Å². The average Bonchev–Trinajstić information content (AvgIpc) is 3.39. The lowest BCUT2D eigenvalue weighted by molar-refractivity contribution is -0.120. The Hall–Kier alpha value is -3.97. The number of aryl methyl sites for hydroxylation is 1. The summed E-state index contributed by atoms with van der Waals surface area (Å²) in [5, 5.41) is 15.4. The third-order valence-electron chi connectivity index (χ3n) is 6.92. The number of fused-ring (bicyclic) bond motifs is 4. The summed E-state index contributed by atoms with van der Waals surface area (Å²) >= 11 is 6.16. The predicted octanol–water partition coefficient (Wildman–Crippen LogP) is 4.22. The number of para-hydroxylation sites is 1. The van der Waals surface area contributed by atoms with Crippen molar-refractivity contribution in [2.75, 3.05) is 0 Å². The number of aromatic nitrogens is 3. The van der Waals surface area contributed by atoms with E-state index in [1.54, 1.807) is 0 Å². The Morgan fingerprint density at radius 3 is 2.78 bits per heavy atom. The van der Waals surface area contributed by atoms with E-state index >= 15 is 0 Å². The van der Waals surface area contributed by atoms with E-state index < -0.39 is 0 Å². The molecule has 3 aromatic rings. The normalized spacial score (nSPS) is 21.9. The molecule has 36 heavy (non-hydrogen) atoms. The molecule has 3 aliphatic rings. The van der Waals surface area contributed by atoms with Crippen LogP contribution in [0.5, 0.6) is 0 Å². The Morgan fingerprint density at radius 1 is 1.14 bits per heavy atom. The topological polar surface area (TPSA) is 88.9 Å². The number of carbonyl (C=O) groups excluding carboxylic acids is 2. The van der Waals surface area contributed by atoms with Gasteiger partial charge in [0.1, 0.15) is 11.6 Å². The summed E-state index contributed by atoms with van der Waals surface area (Å²) in [4.78, 5) is 25.0. The summed E-state index contributed by atoms with van der Waals surface area (Å²) in [6, 6.07) is 15.9. The highest BCUT2D eigenvalue weighted by Gasteiger charge is 2.32. The molecule has 1 saturated heterocycles. The number of hydrogen-bond acceptors (Lipinski definition) is 4. The van der Waals surface area contributed by atoms with Gasteiger partial charge < -0.3 is 10.6 Å². The first-order valence-electron chi connectivity index (χ1n) is 11.9. The van der Waals surface area contributed by atoms with Gasteiger partial charge in [0.15, 0.2) is 0 Å². The van der Waals surface area contributed by atoms with E-state index in [0.29, 0.717) is 17.1 Å². The molecule has 3 unspecified atom stereocenters. The number of carbonyl (C=O) groups is 2. The molecule has 6 rings (SSSR count). The smallest absolute Gasteiger partial charge is 0.225 e. The van der Waals surface area contributed by atoms with Gasteiger partial charge in [0.2, 0.25) is 11.8 Å². The number of allylic oxidation sites excluding steroid dienone is 2. The summed E-state index contributed by atoms with van der Waals surface area (Å²) in [7, 11) is 0. The number of halogens is 1. The quantitative estimate of drug-likeness (QED) is 0.564. The van der Waals surface area contributed by atoms with E-state index in [9.17, 15) is 9.59 Å². The Labute approximate surface area is 213 Å². The zero-order valence-corrected chi connectivity index (χ0v) is 20.4. The summed E-state index contributed by atoms with van der Waals surface area (Å²) in [5.74, 6) is 1.14. The van der Waals surface area contributed by atoms with Crippen molar-refractivity contribution in [2.45, 2.75) is 31.7 Å². The van der Waals surface area contributed by atoms with E-state index in [0.717, 1.165) is 34.0 Å². The van der Waals surface area contributed by atoms with E-state index in [2.05, 4.69) is 33.0 Å². The van der Waals surface area contributed by atoms with Crippen LogP contribution >= 0.6 is 11.6 Å². The third kappa shape index (κ3) is 4.05. The minimum absolute atomic E-state index is 0.00454. The van der Waals surface area contributed by atoms with Crippen molar-refractivity contribution in [3.8, 4) is 5.69 Å². The standard InChI is InChI=1S/C28H24ClN5O2/c1-16-32-33-28-19(15-26(35)30-21-10-11-24-18(12-21)14-27(36)31-24)13-23(17-6-8-20(29)9-7-17)22-4-2-3-5-25(22)34(16)28/h2-13,18-19,24H,14-15H2,1H3,(H,30,35)(H,31,36). The Balaban J connectivity index is 1.35. The largest absolute Gasteiger partial charge is 0.349 e. The van der Waals surface area contributed by atoms with E-state index in [-0.39, 0.29) is 36.1 Å². The van der Waals surface area contributed by atoms with Gasteiger partial charge >= 0.3 is 0 Å². The van der Waals surface area contributed by atoms with Crippen molar-refractivity contribution in [3.63, 3.8) is 0 Å². The predicted molar refractivity (Wildman–Crippen MR) is 137 cm³/mol. The van der Waals surface area contributed by atoms with Gasteiger partial charge in [0.05, 0.1) is 11.7 Å². The molecule has 1 aliphatic carbocycles. The first-order valence-corrected chi connectivity index (χ1v) is 12.3. The molecule has 2 aliphatic heterocycles. The van der Waals surface area contributed by atoms with Crippen LogP contribution in [0, 0.1) is 12.8 Å². The third-order valence-corrected chi connectivity index (χ3v) is 7.17. The van der Waals surface area contributed by atoms with Crippen LogP contribution in [0.3, 0.4) is 0 Å². The Morgan fingerprint density at radius 2 is 1.94 bits per heavy atom. The number of nitrogens with zero attached hydrogens (tertiary/aromatic N) is 3. The second-order valence-electron chi connectivity index (χ2n) is 9.35. The summed E-state index contributed by atoms with van der Waals surface area (Å²) in [6.07, 6.45) is 8.49. The summed E-state index contributed by atoms with van der Waals surface area (Å²) < 4.78 is 2.03. The fourth-order valence-electron chi connectivity index (χ4n) is 5.24. The minimum atomic E-state index is -0.306. The van der Waals surface area contributed by atoms with E-state index in [4.69, 9.17) is 11.6 Å². The molecule has 180 valence electrons. The lowest BCUT2D eigenvalue weighted by Crippen LogP contribution is -2.31. The molecule has 0 saturated carbocycles. The van der Waals surface area contributed by atoms with Crippen LogP contribution < -0.4 is 10.6 Å². The molecule has 8 heteroatoms. The molecule has 0 radical (unpaired) electrons. The zero-order chi connectivity index (χ0) is 24.8. The zero-order valence-electron chi connectivity index (χ0n) is 19.6. The maximum absolute atomic E-state index is 13.3. The van der Waals surface area contributed by atoms with Crippen molar-refractivity contribution in [3.05, 3.63) is 106 Å². The molecule has 2 N–H and O–H groups in total. The molecule has 7 nitrogen and oxygen atoms in total. The molecule has 1 fully saturated rings. The molecule has 2 aromatic carbocycles. The van der Waals surface area contributed by atoms with Crippen LogP contribution in [-0.2, 0) is 9.59 Å². The highest BCUT2D eigenvalue weighted by Crippen LogP contribution is 2.38. The molecular weight excluding hydrogens is 474 g/mol. The Bertz CT molecular complexity index is 1470. The van der Waals surface area contributed by atoms with Crippen LogP contribution in [0.15, 0.2) is 78.5 Å².